The van der Waals surface area contributed by atoms with Crippen LogP contribution in [0.15, 0.2) is 145 Å². The van der Waals surface area contributed by atoms with Gasteiger partial charge in [-0.25, -0.2) is 4.99 Å². The molecule has 7 aromatic rings. The molecule has 3 aliphatic carbocycles. The minimum absolute atomic E-state index is 0.162. The number of rotatable bonds is 4. The van der Waals surface area contributed by atoms with Crippen LogP contribution in [0.2, 0.25) is 0 Å². The zero-order valence-corrected chi connectivity index (χ0v) is 32.0. The molecule has 1 heterocycles. The van der Waals surface area contributed by atoms with E-state index < -0.39 is 0 Å². The Bertz CT molecular complexity index is 2630. The maximum atomic E-state index is 5.54. The molecular weight excluding hydrogens is 641 g/mol. The van der Waals surface area contributed by atoms with E-state index in [1.165, 1.54) is 65.6 Å². The van der Waals surface area contributed by atoms with Crippen LogP contribution in [0.1, 0.15) is 69.7 Å². The van der Waals surface area contributed by atoms with Crippen molar-refractivity contribution < 1.29 is 0 Å². The third kappa shape index (κ3) is 5.24. The number of para-hydroxylation sites is 1. The van der Waals surface area contributed by atoms with E-state index in [-0.39, 0.29) is 10.8 Å². The summed E-state index contributed by atoms with van der Waals surface area (Å²) < 4.78 is 2.49. The molecule has 0 N–H and O–H groups in total. The highest BCUT2D eigenvalue weighted by Crippen LogP contribution is 2.71. The highest BCUT2D eigenvalue weighted by atomic mass is 15.1. The predicted octanol–water partition coefficient (Wildman–Crippen LogP) is 13.6. The number of aliphatic imine (C=N–C) groups is 1. The highest BCUT2D eigenvalue weighted by Gasteiger charge is 2.67. The number of hydrogen-bond acceptors (Lipinski definition) is 1. The molecule has 4 unspecified atom stereocenters. The van der Waals surface area contributed by atoms with E-state index in [0.717, 1.165) is 30.8 Å². The molecule has 0 bridgehead atoms. The predicted molar refractivity (Wildman–Crippen MR) is 228 cm³/mol. The van der Waals surface area contributed by atoms with E-state index in [0.29, 0.717) is 17.8 Å². The van der Waals surface area contributed by atoms with E-state index in [2.05, 4.69) is 172 Å². The maximum absolute atomic E-state index is 5.54. The van der Waals surface area contributed by atoms with Crippen LogP contribution in [-0.4, -0.2) is 10.4 Å². The third-order valence-electron chi connectivity index (χ3n) is 12.7. The van der Waals surface area contributed by atoms with Gasteiger partial charge >= 0.3 is 0 Å². The first-order chi connectivity index (χ1) is 25.8. The van der Waals surface area contributed by atoms with Gasteiger partial charge in [-0.05, 0) is 99.9 Å². The van der Waals surface area contributed by atoms with E-state index in [1.807, 2.05) is 13.8 Å². The summed E-state index contributed by atoms with van der Waals surface area (Å²) in [5.41, 5.74) is 9.60. The molecule has 0 amide bonds. The van der Waals surface area contributed by atoms with Crippen LogP contribution in [0.4, 0.5) is 5.69 Å². The van der Waals surface area contributed by atoms with E-state index in [4.69, 9.17) is 4.99 Å². The molecule has 0 saturated heterocycles. The molecule has 0 aliphatic heterocycles. The van der Waals surface area contributed by atoms with Gasteiger partial charge in [0.15, 0.2) is 0 Å². The van der Waals surface area contributed by atoms with Crippen molar-refractivity contribution in [3.05, 3.63) is 162 Å². The van der Waals surface area contributed by atoms with Gasteiger partial charge in [-0.1, -0.05) is 162 Å². The number of aromatic nitrogens is 1. The molecule has 0 radical (unpaired) electrons. The standard InChI is InChI=1S/C49H44N2.C2H6/c1-31(27-33-15-6-5-7-16-33)37-20-10-11-23-42(37)50-32(2)51-43-28-35-18-14-19-36-29-48(3,4)47-41-22-12-13-26-49(41,47)30-40(44(35)36)45(43)39-25-24-34-17-8-9-21-38(34)46(39)51;1-2/h5-26,28,31,41,47H,27,29-30H2,1-4H3;1-2H3. The quantitative estimate of drug-likeness (QED) is 0.129. The van der Waals surface area contributed by atoms with Gasteiger partial charge in [-0.15, -0.1) is 0 Å². The average molecular weight is 691 g/mol. The minimum Gasteiger partial charge on any atom is -0.297 e. The van der Waals surface area contributed by atoms with Crippen LogP contribution < -0.4 is 0 Å². The molecule has 1 saturated carbocycles. The second-order valence-electron chi connectivity index (χ2n) is 16.3. The molecule has 10 rings (SSSR count). The first kappa shape index (κ1) is 33.6. The summed E-state index contributed by atoms with van der Waals surface area (Å²) in [5.74, 6) is 2.55. The van der Waals surface area contributed by atoms with Gasteiger partial charge < -0.3 is 0 Å². The molecule has 2 heteroatoms. The van der Waals surface area contributed by atoms with Crippen LogP contribution in [0.25, 0.3) is 43.4 Å². The van der Waals surface area contributed by atoms with Crippen molar-refractivity contribution in [2.45, 2.75) is 66.7 Å². The lowest BCUT2D eigenvalue weighted by Gasteiger charge is -2.32. The summed E-state index contributed by atoms with van der Waals surface area (Å²) in [7, 11) is 0. The number of benzene rings is 6. The fraction of sp³-hybridized carbons (Fsp3) is 0.275. The Balaban J connectivity index is 0.00000183. The molecule has 1 spiro atoms. The smallest absolute Gasteiger partial charge is 0.111 e. The molecule has 3 aliphatic rings. The van der Waals surface area contributed by atoms with Crippen molar-refractivity contribution in [1.82, 2.24) is 4.57 Å². The summed E-state index contributed by atoms with van der Waals surface area (Å²) in [6.45, 7) is 13.6. The second kappa shape index (κ2) is 12.7. The molecule has 2 nitrogen and oxygen atoms in total. The topological polar surface area (TPSA) is 17.3 Å². The molecular formula is C51H50N2. The fourth-order valence-electron chi connectivity index (χ4n) is 10.7. The zero-order valence-electron chi connectivity index (χ0n) is 32.0. The lowest BCUT2D eigenvalue weighted by atomic mass is 9.72. The first-order valence-corrected chi connectivity index (χ1v) is 19.8. The highest BCUT2D eigenvalue weighted by molar-refractivity contribution is 6.25. The second-order valence-corrected chi connectivity index (χ2v) is 16.3. The number of hydrogen-bond donors (Lipinski definition) is 0. The van der Waals surface area contributed by atoms with E-state index in [1.54, 1.807) is 0 Å². The Morgan fingerprint density at radius 3 is 2.38 bits per heavy atom. The van der Waals surface area contributed by atoms with Crippen molar-refractivity contribution >= 4 is 54.9 Å². The lowest BCUT2D eigenvalue weighted by molar-refractivity contribution is 0.265. The Kier molecular flexibility index (Phi) is 8.07. The van der Waals surface area contributed by atoms with Crippen molar-refractivity contribution in [2.24, 2.45) is 27.7 Å². The van der Waals surface area contributed by atoms with E-state index in [9.17, 15) is 0 Å². The van der Waals surface area contributed by atoms with Crippen molar-refractivity contribution in [3.63, 3.8) is 0 Å². The van der Waals surface area contributed by atoms with Crippen LogP contribution in [0.3, 0.4) is 0 Å². The first-order valence-electron chi connectivity index (χ1n) is 19.8. The monoisotopic (exact) mass is 690 g/mol. The number of allylic oxidation sites excluding steroid dienone is 4. The average Bonchev–Trinajstić information content (AvgIpc) is 3.73. The van der Waals surface area contributed by atoms with Gasteiger partial charge in [0.2, 0.25) is 0 Å². The van der Waals surface area contributed by atoms with Crippen LogP contribution in [0.5, 0.6) is 0 Å². The molecule has 264 valence electrons. The SMILES string of the molecule is CC.CC(=Nc1ccccc1C(C)Cc1ccccc1)n1c2cc3cccc4c3c(c2c2ccc3ccccc3c21)CC12C=CC=CC1C2C(C)(C)C4. The third-order valence-corrected chi connectivity index (χ3v) is 12.7. The minimum atomic E-state index is 0.162. The van der Waals surface area contributed by atoms with Crippen LogP contribution >= 0.6 is 0 Å². The number of nitrogens with zero attached hydrogens (tertiary/aromatic N) is 2. The maximum Gasteiger partial charge on any atom is 0.111 e. The van der Waals surface area contributed by atoms with Gasteiger partial charge in [0.05, 0.1) is 16.7 Å². The van der Waals surface area contributed by atoms with Gasteiger partial charge in [0.25, 0.3) is 0 Å². The van der Waals surface area contributed by atoms with Crippen molar-refractivity contribution in [2.75, 3.05) is 0 Å². The Morgan fingerprint density at radius 2 is 1.53 bits per heavy atom. The molecule has 1 fully saturated rings. The van der Waals surface area contributed by atoms with Crippen LogP contribution in [-0.2, 0) is 19.3 Å². The summed E-state index contributed by atoms with van der Waals surface area (Å²) in [6, 6.07) is 42.7. The van der Waals surface area contributed by atoms with Gasteiger partial charge in [-0.2, -0.15) is 0 Å². The largest absolute Gasteiger partial charge is 0.297 e. The van der Waals surface area contributed by atoms with Crippen molar-refractivity contribution in [1.29, 1.82) is 0 Å². The molecule has 4 atom stereocenters. The van der Waals surface area contributed by atoms with Gasteiger partial charge in [0, 0.05) is 21.6 Å². The summed E-state index contributed by atoms with van der Waals surface area (Å²) in [5, 5.41) is 8.08. The summed E-state index contributed by atoms with van der Waals surface area (Å²) in [6.07, 6.45) is 12.8. The van der Waals surface area contributed by atoms with E-state index >= 15 is 0 Å². The summed E-state index contributed by atoms with van der Waals surface area (Å²) in [4.78, 5) is 5.54. The molecule has 6 aromatic carbocycles. The summed E-state index contributed by atoms with van der Waals surface area (Å²) >= 11 is 0. The van der Waals surface area contributed by atoms with Crippen LogP contribution in [0, 0.1) is 22.7 Å². The fourth-order valence-corrected chi connectivity index (χ4v) is 10.7. The van der Waals surface area contributed by atoms with Gasteiger partial charge in [-0.3, -0.25) is 4.57 Å². The Hall–Kier alpha value is -5.21. The Morgan fingerprint density at radius 1 is 0.774 bits per heavy atom. The Labute approximate surface area is 314 Å². The zero-order chi connectivity index (χ0) is 36.5. The van der Waals surface area contributed by atoms with Crippen molar-refractivity contribution in [3.8, 4) is 0 Å². The molecule has 53 heavy (non-hydrogen) atoms. The normalized spacial score (nSPS) is 21.8. The van der Waals surface area contributed by atoms with Gasteiger partial charge in [0.1, 0.15) is 5.84 Å². The molecule has 1 aromatic heterocycles. The number of fused-ring (bicyclic) bond motifs is 7. The lowest BCUT2D eigenvalue weighted by Crippen LogP contribution is -2.25.